The van der Waals surface area contributed by atoms with E-state index in [1.165, 1.54) is 9.88 Å². The lowest BCUT2D eigenvalue weighted by Crippen LogP contribution is -2.43. The van der Waals surface area contributed by atoms with E-state index in [1.54, 1.807) is 25.4 Å². The van der Waals surface area contributed by atoms with Crippen LogP contribution in [-0.4, -0.2) is 26.4 Å². The Bertz CT molecular complexity index is 1000. The number of sulfonamides is 1. The SMILES string of the molecule is COc1ccc(C23CCC=C2C=CN(S(=O)(=O)c2ccc(C)cc2)C3)cc1. The minimum absolute atomic E-state index is 0.307. The van der Waals surface area contributed by atoms with Crippen LogP contribution in [0.3, 0.4) is 0 Å². The van der Waals surface area contributed by atoms with E-state index in [-0.39, 0.29) is 5.41 Å². The van der Waals surface area contributed by atoms with E-state index in [9.17, 15) is 8.42 Å². The van der Waals surface area contributed by atoms with Crippen LogP contribution in [0.2, 0.25) is 0 Å². The average Bonchev–Trinajstić information content (AvgIpc) is 3.13. The highest BCUT2D eigenvalue weighted by Gasteiger charge is 2.43. The minimum Gasteiger partial charge on any atom is -0.497 e. The Morgan fingerprint density at radius 2 is 1.74 bits per heavy atom. The molecule has 4 rings (SSSR count). The second-order valence-electron chi connectivity index (χ2n) is 7.19. The topological polar surface area (TPSA) is 46.6 Å². The first kappa shape index (κ1) is 17.9. The average molecular weight is 381 g/mol. The molecule has 0 amide bonds. The first-order chi connectivity index (χ1) is 13.0. The molecule has 4 nitrogen and oxygen atoms in total. The highest BCUT2D eigenvalue weighted by Crippen LogP contribution is 2.46. The molecule has 2 aromatic carbocycles. The molecule has 0 radical (unpaired) electrons. The van der Waals surface area contributed by atoms with Crippen molar-refractivity contribution >= 4 is 10.0 Å². The van der Waals surface area contributed by atoms with E-state index >= 15 is 0 Å². The van der Waals surface area contributed by atoms with Gasteiger partial charge in [-0.25, -0.2) is 8.42 Å². The van der Waals surface area contributed by atoms with Gasteiger partial charge >= 0.3 is 0 Å². The van der Waals surface area contributed by atoms with Crippen LogP contribution in [0, 0.1) is 6.92 Å². The molecule has 0 N–H and O–H groups in total. The maximum absolute atomic E-state index is 13.2. The number of rotatable bonds is 4. The quantitative estimate of drug-likeness (QED) is 0.798. The molecule has 1 unspecified atom stereocenters. The Labute approximate surface area is 160 Å². The number of methoxy groups -OCH3 is 1. The van der Waals surface area contributed by atoms with Gasteiger partial charge in [-0.1, -0.05) is 35.9 Å². The number of nitrogens with zero attached hydrogens (tertiary/aromatic N) is 1. The Morgan fingerprint density at radius 3 is 2.41 bits per heavy atom. The summed E-state index contributed by atoms with van der Waals surface area (Å²) in [7, 11) is -1.94. The summed E-state index contributed by atoms with van der Waals surface area (Å²) in [5.41, 5.74) is 3.06. The van der Waals surface area contributed by atoms with Crippen LogP contribution < -0.4 is 4.74 Å². The molecular weight excluding hydrogens is 358 g/mol. The highest BCUT2D eigenvalue weighted by atomic mass is 32.2. The van der Waals surface area contributed by atoms with Gasteiger partial charge in [-0.05, 0) is 61.2 Å². The fourth-order valence-electron chi connectivity index (χ4n) is 4.02. The van der Waals surface area contributed by atoms with Crippen molar-refractivity contribution in [1.82, 2.24) is 4.31 Å². The third-order valence-corrected chi connectivity index (χ3v) is 7.34. The number of hydrogen-bond acceptors (Lipinski definition) is 3. The van der Waals surface area contributed by atoms with Crippen molar-refractivity contribution in [1.29, 1.82) is 0 Å². The van der Waals surface area contributed by atoms with Gasteiger partial charge in [0.1, 0.15) is 5.75 Å². The summed E-state index contributed by atoms with van der Waals surface area (Å²) >= 11 is 0. The summed E-state index contributed by atoms with van der Waals surface area (Å²) in [5, 5.41) is 0. The molecule has 1 atom stereocenters. The van der Waals surface area contributed by atoms with E-state index in [4.69, 9.17) is 4.74 Å². The highest BCUT2D eigenvalue weighted by molar-refractivity contribution is 7.89. The van der Waals surface area contributed by atoms with Crippen molar-refractivity contribution in [3.8, 4) is 5.75 Å². The molecule has 140 valence electrons. The number of hydrogen-bond donors (Lipinski definition) is 0. The van der Waals surface area contributed by atoms with E-state index in [1.807, 2.05) is 49.4 Å². The van der Waals surface area contributed by atoms with Crippen LogP contribution >= 0.6 is 0 Å². The molecule has 27 heavy (non-hydrogen) atoms. The molecule has 2 aromatic rings. The van der Waals surface area contributed by atoms with Crippen molar-refractivity contribution in [3.63, 3.8) is 0 Å². The maximum atomic E-state index is 13.2. The summed E-state index contributed by atoms with van der Waals surface area (Å²) < 4.78 is 33.2. The first-order valence-electron chi connectivity index (χ1n) is 9.08. The van der Waals surface area contributed by atoms with E-state index in [0.29, 0.717) is 11.4 Å². The summed E-state index contributed by atoms with van der Waals surface area (Å²) in [6.07, 6.45) is 7.72. The Kier molecular flexibility index (Phi) is 4.35. The van der Waals surface area contributed by atoms with E-state index in [0.717, 1.165) is 29.7 Å². The molecule has 5 heteroatoms. The number of benzene rings is 2. The molecule has 0 saturated heterocycles. The predicted molar refractivity (Wildman–Crippen MR) is 106 cm³/mol. The minimum atomic E-state index is -3.58. The van der Waals surface area contributed by atoms with Gasteiger partial charge in [0.15, 0.2) is 0 Å². The van der Waals surface area contributed by atoms with Gasteiger partial charge in [-0.2, -0.15) is 0 Å². The predicted octanol–water partition coefficient (Wildman–Crippen LogP) is 4.18. The summed E-state index contributed by atoms with van der Waals surface area (Å²) in [6.45, 7) is 2.36. The molecule has 0 bridgehead atoms. The Hall–Kier alpha value is -2.53. The molecule has 0 fully saturated rings. The Balaban J connectivity index is 1.73. The van der Waals surface area contributed by atoms with E-state index in [2.05, 4.69) is 6.08 Å². The summed E-state index contributed by atoms with van der Waals surface area (Å²) in [4.78, 5) is 0.327. The van der Waals surface area contributed by atoms with Crippen LogP contribution in [-0.2, 0) is 15.4 Å². The number of allylic oxidation sites excluding steroid dienone is 2. The van der Waals surface area contributed by atoms with Gasteiger partial charge in [0.25, 0.3) is 10.0 Å². The zero-order valence-corrected chi connectivity index (χ0v) is 16.4. The molecule has 2 aliphatic rings. The third-order valence-electron chi connectivity index (χ3n) is 5.60. The molecule has 1 aliphatic heterocycles. The second-order valence-corrected chi connectivity index (χ2v) is 9.08. The fraction of sp³-hybridized carbons (Fsp3) is 0.273. The number of fused-ring (bicyclic) bond motifs is 1. The lowest BCUT2D eigenvalue weighted by molar-refractivity contribution is 0.375. The molecule has 1 heterocycles. The van der Waals surface area contributed by atoms with Crippen LogP contribution in [0.5, 0.6) is 5.75 Å². The van der Waals surface area contributed by atoms with Gasteiger partial charge in [-0.15, -0.1) is 0 Å². The zero-order valence-electron chi connectivity index (χ0n) is 15.6. The second kappa shape index (κ2) is 6.57. The van der Waals surface area contributed by atoms with Crippen LogP contribution in [0.4, 0.5) is 0 Å². The maximum Gasteiger partial charge on any atom is 0.263 e. The first-order valence-corrected chi connectivity index (χ1v) is 10.5. The molecule has 0 spiro atoms. The van der Waals surface area contributed by atoms with Crippen molar-refractivity contribution in [2.45, 2.75) is 30.1 Å². The van der Waals surface area contributed by atoms with Gasteiger partial charge < -0.3 is 4.74 Å². The van der Waals surface area contributed by atoms with Crippen LogP contribution in [0.25, 0.3) is 0 Å². The number of ether oxygens (including phenoxy) is 1. The fourth-order valence-corrected chi connectivity index (χ4v) is 5.38. The van der Waals surface area contributed by atoms with Crippen LogP contribution in [0.1, 0.15) is 24.0 Å². The molecule has 0 saturated carbocycles. The van der Waals surface area contributed by atoms with Crippen molar-refractivity contribution in [2.75, 3.05) is 13.7 Å². The Morgan fingerprint density at radius 1 is 1.04 bits per heavy atom. The molecular formula is C22H23NO3S. The normalized spacial score (nSPS) is 21.7. The molecule has 0 aromatic heterocycles. The molecule has 1 aliphatic carbocycles. The zero-order chi connectivity index (χ0) is 19.1. The van der Waals surface area contributed by atoms with Gasteiger partial charge in [0, 0.05) is 18.2 Å². The lowest BCUT2D eigenvalue weighted by Gasteiger charge is -2.39. The largest absolute Gasteiger partial charge is 0.497 e. The van der Waals surface area contributed by atoms with Gasteiger partial charge in [0.05, 0.1) is 12.0 Å². The smallest absolute Gasteiger partial charge is 0.263 e. The van der Waals surface area contributed by atoms with E-state index < -0.39 is 10.0 Å². The standard InChI is InChI=1S/C22H23NO3S/c1-17-5-11-21(12-6-17)27(24,25)23-15-13-18-4-3-14-22(18,16-23)19-7-9-20(26-2)10-8-19/h4-13,15H,3,14,16H2,1-2H3. The third kappa shape index (κ3) is 2.96. The summed E-state index contributed by atoms with van der Waals surface area (Å²) in [6, 6.07) is 15.0. The van der Waals surface area contributed by atoms with Crippen molar-refractivity contribution in [2.24, 2.45) is 0 Å². The lowest BCUT2D eigenvalue weighted by atomic mass is 9.73. The van der Waals surface area contributed by atoms with Crippen LogP contribution in [0.15, 0.2) is 77.4 Å². The van der Waals surface area contributed by atoms with Gasteiger partial charge in [0.2, 0.25) is 0 Å². The number of aryl methyl sites for hydroxylation is 1. The van der Waals surface area contributed by atoms with Gasteiger partial charge in [-0.3, -0.25) is 4.31 Å². The monoisotopic (exact) mass is 381 g/mol. The summed E-state index contributed by atoms with van der Waals surface area (Å²) in [5.74, 6) is 0.800. The van der Waals surface area contributed by atoms with Crippen molar-refractivity contribution < 1.29 is 13.2 Å². The van der Waals surface area contributed by atoms with Crippen molar-refractivity contribution in [3.05, 3.63) is 83.6 Å².